The van der Waals surface area contributed by atoms with Crippen LogP contribution in [0.15, 0.2) is 164 Å². The van der Waals surface area contributed by atoms with Crippen molar-refractivity contribution >= 4 is 65.2 Å². The summed E-state index contributed by atoms with van der Waals surface area (Å²) < 4.78 is 2.33. The average molecular weight is 674 g/mol. The molecule has 0 fully saturated rings. The largest absolute Gasteiger partial charge is 0.309 e. The Bertz CT molecular complexity index is 3250. The molecular formula is C48H27N5. The number of fused-ring (bicyclic) bond motifs is 12. The lowest BCUT2D eigenvalue weighted by Crippen LogP contribution is -1.99. The molecule has 0 radical (unpaired) electrons. The fraction of sp³-hybridized carbons (Fsp3) is 0. The van der Waals surface area contributed by atoms with E-state index in [0.717, 1.165) is 44.7 Å². The van der Waals surface area contributed by atoms with Crippen molar-refractivity contribution in [2.45, 2.75) is 0 Å². The molecule has 0 bridgehead atoms. The van der Waals surface area contributed by atoms with Crippen molar-refractivity contribution in [3.05, 3.63) is 164 Å². The average Bonchev–Trinajstić information content (AvgIpc) is 3.74. The second-order valence-electron chi connectivity index (χ2n) is 13.8. The van der Waals surface area contributed by atoms with Crippen LogP contribution < -0.4 is 0 Å². The van der Waals surface area contributed by atoms with Crippen molar-refractivity contribution < 1.29 is 0 Å². The van der Waals surface area contributed by atoms with Gasteiger partial charge >= 0.3 is 0 Å². The summed E-state index contributed by atoms with van der Waals surface area (Å²) in [5.74, 6) is 1.30. The van der Waals surface area contributed by atoms with Gasteiger partial charge in [0.2, 0.25) is 0 Å². The van der Waals surface area contributed by atoms with Crippen molar-refractivity contribution in [2.75, 3.05) is 0 Å². The van der Waals surface area contributed by atoms with Crippen LogP contribution in [-0.4, -0.2) is 24.5 Å². The number of nitrogens with zero attached hydrogens (tertiary/aromatic N) is 5. The Morgan fingerprint density at radius 3 is 1.34 bits per heavy atom. The van der Waals surface area contributed by atoms with Crippen LogP contribution in [0.4, 0.5) is 0 Å². The van der Waals surface area contributed by atoms with Gasteiger partial charge in [0.05, 0.1) is 27.8 Å². The van der Waals surface area contributed by atoms with E-state index in [-0.39, 0.29) is 0 Å². The predicted octanol–water partition coefficient (Wildman–Crippen LogP) is 12.0. The second kappa shape index (κ2) is 10.6. The first kappa shape index (κ1) is 28.5. The summed E-state index contributed by atoms with van der Waals surface area (Å²) in [6, 6.07) is 58.0. The standard InChI is InChI=1S/C48H27N5/c1-2-13-33-31(11-1)32-12-3-4-14-34(32)40-27-29(23-26-35(33)40)47-50-45-39-18-6-5-17-38(39)44-43(45)48(52-47)51-46(49-44)28-21-24-30(25-22-28)53-41-19-9-7-15-36(41)37-16-8-10-20-42(37)53/h1-27H. The molecule has 0 aliphatic heterocycles. The maximum atomic E-state index is 5.23. The molecule has 5 nitrogen and oxygen atoms in total. The summed E-state index contributed by atoms with van der Waals surface area (Å²) in [4.78, 5) is 20.8. The third kappa shape index (κ3) is 4.02. The van der Waals surface area contributed by atoms with Gasteiger partial charge in [0.15, 0.2) is 17.3 Å². The van der Waals surface area contributed by atoms with Gasteiger partial charge in [-0.1, -0.05) is 121 Å². The van der Waals surface area contributed by atoms with E-state index in [1.165, 1.54) is 54.1 Å². The van der Waals surface area contributed by atoms with E-state index in [2.05, 4.69) is 168 Å². The van der Waals surface area contributed by atoms with E-state index >= 15 is 0 Å². The molecule has 0 saturated carbocycles. The second-order valence-corrected chi connectivity index (χ2v) is 13.8. The lowest BCUT2D eigenvalue weighted by Gasteiger charge is -2.12. The highest BCUT2D eigenvalue weighted by Crippen LogP contribution is 2.46. The van der Waals surface area contributed by atoms with Gasteiger partial charge in [-0.05, 0) is 74.8 Å². The Hall–Kier alpha value is -7.24. The number of para-hydroxylation sites is 2. The predicted molar refractivity (Wildman–Crippen MR) is 217 cm³/mol. The SMILES string of the molecule is c1ccc2c(c1)-c1nc(-c3ccc(-n4c5ccccc5c5ccccc54)cc3)nc3nc(-c4ccc5c6ccccc6c6ccccc6c5c4)nc-2c13. The number of hydrogen-bond donors (Lipinski definition) is 0. The lowest BCUT2D eigenvalue weighted by molar-refractivity contribution is 1.15. The van der Waals surface area contributed by atoms with Crippen LogP contribution in [0.25, 0.3) is 116 Å². The molecule has 0 spiro atoms. The Morgan fingerprint density at radius 1 is 0.340 bits per heavy atom. The highest BCUT2D eigenvalue weighted by atomic mass is 15.0. The van der Waals surface area contributed by atoms with E-state index in [4.69, 9.17) is 19.9 Å². The molecule has 244 valence electrons. The van der Waals surface area contributed by atoms with Crippen LogP contribution in [0.2, 0.25) is 0 Å². The van der Waals surface area contributed by atoms with Crippen LogP contribution in [0, 0.1) is 0 Å². The quantitative estimate of drug-likeness (QED) is 0.175. The van der Waals surface area contributed by atoms with Gasteiger partial charge in [-0.25, -0.2) is 19.9 Å². The fourth-order valence-corrected chi connectivity index (χ4v) is 8.59. The van der Waals surface area contributed by atoms with Crippen LogP contribution in [-0.2, 0) is 0 Å². The molecule has 0 N–H and O–H groups in total. The third-order valence-electron chi connectivity index (χ3n) is 11.0. The first-order valence-corrected chi connectivity index (χ1v) is 17.9. The molecule has 12 rings (SSSR count). The number of hydrogen-bond acceptors (Lipinski definition) is 4. The Balaban J connectivity index is 1.04. The minimum atomic E-state index is 0.643. The van der Waals surface area contributed by atoms with E-state index < -0.39 is 0 Å². The maximum absolute atomic E-state index is 5.23. The molecule has 5 heteroatoms. The molecule has 0 saturated heterocycles. The molecule has 0 atom stereocenters. The highest BCUT2D eigenvalue weighted by molar-refractivity contribution is 6.25. The summed E-state index contributed by atoms with van der Waals surface area (Å²) in [5.41, 5.74) is 9.86. The van der Waals surface area contributed by atoms with Crippen molar-refractivity contribution in [1.29, 1.82) is 0 Å². The number of aromatic nitrogens is 5. The zero-order valence-electron chi connectivity index (χ0n) is 28.3. The monoisotopic (exact) mass is 673 g/mol. The van der Waals surface area contributed by atoms with Crippen LogP contribution in [0.5, 0.6) is 0 Å². The van der Waals surface area contributed by atoms with E-state index in [1.54, 1.807) is 0 Å². The molecule has 3 heterocycles. The summed E-state index contributed by atoms with van der Waals surface area (Å²) >= 11 is 0. The van der Waals surface area contributed by atoms with Gasteiger partial charge in [-0.2, -0.15) is 0 Å². The minimum Gasteiger partial charge on any atom is -0.309 e. The van der Waals surface area contributed by atoms with Gasteiger partial charge in [-0.3, -0.25) is 0 Å². The Kier molecular flexibility index (Phi) is 5.71. The summed E-state index contributed by atoms with van der Waals surface area (Å²) in [7, 11) is 0. The van der Waals surface area contributed by atoms with Crippen molar-refractivity contribution in [1.82, 2.24) is 24.5 Å². The number of rotatable bonds is 3. The molecule has 0 unspecified atom stereocenters. The zero-order valence-corrected chi connectivity index (χ0v) is 28.3. The first-order chi connectivity index (χ1) is 26.3. The summed E-state index contributed by atoms with van der Waals surface area (Å²) in [6.45, 7) is 0. The lowest BCUT2D eigenvalue weighted by atomic mass is 9.93. The van der Waals surface area contributed by atoms with Gasteiger partial charge in [0, 0.05) is 38.7 Å². The molecule has 8 aromatic carbocycles. The normalized spacial score (nSPS) is 12.2. The third-order valence-corrected chi connectivity index (χ3v) is 11.0. The summed E-state index contributed by atoms with van der Waals surface area (Å²) in [5, 5.41) is 10.7. The van der Waals surface area contributed by atoms with Gasteiger partial charge < -0.3 is 4.57 Å². The topological polar surface area (TPSA) is 56.5 Å². The highest BCUT2D eigenvalue weighted by Gasteiger charge is 2.28. The molecule has 0 amide bonds. The molecule has 1 aliphatic rings. The smallest absolute Gasteiger partial charge is 0.168 e. The Labute approximate surface area is 303 Å². The van der Waals surface area contributed by atoms with E-state index in [0.29, 0.717) is 17.3 Å². The maximum Gasteiger partial charge on any atom is 0.168 e. The Morgan fingerprint density at radius 2 is 0.774 bits per heavy atom. The first-order valence-electron chi connectivity index (χ1n) is 17.9. The van der Waals surface area contributed by atoms with Crippen LogP contribution in [0.1, 0.15) is 0 Å². The molecule has 53 heavy (non-hydrogen) atoms. The van der Waals surface area contributed by atoms with Crippen molar-refractivity contribution in [3.63, 3.8) is 0 Å². The molecule has 11 aromatic rings. The molecular weight excluding hydrogens is 647 g/mol. The van der Waals surface area contributed by atoms with Crippen LogP contribution in [0.3, 0.4) is 0 Å². The minimum absolute atomic E-state index is 0.643. The molecule has 3 aromatic heterocycles. The van der Waals surface area contributed by atoms with Crippen LogP contribution >= 0.6 is 0 Å². The van der Waals surface area contributed by atoms with Gasteiger partial charge in [-0.15, -0.1) is 0 Å². The zero-order chi connectivity index (χ0) is 34.6. The number of benzene rings is 8. The van der Waals surface area contributed by atoms with Crippen molar-refractivity contribution in [3.8, 4) is 51.0 Å². The van der Waals surface area contributed by atoms with E-state index in [9.17, 15) is 0 Å². The summed E-state index contributed by atoms with van der Waals surface area (Å²) in [6.07, 6.45) is 0. The fourth-order valence-electron chi connectivity index (χ4n) is 8.59. The van der Waals surface area contributed by atoms with Gasteiger partial charge in [0.1, 0.15) is 0 Å². The van der Waals surface area contributed by atoms with E-state index in [1.807, 2.05) is 0 Å². The van der Waals surface area contributed by atoms with Gasteiger partial charge in [0.25, 0.3) is 0 Å². The van der Waals surface area contributed by atoms with Crippen molar-refractivity contribution in [2.24, 2.45) is 0 Å². The molecule has 1 aliphatic carbocycles.